The quantitative estimate of drug-likeness (QED) is 0.677. The van der Waals surface area contributed by atoms with E-state index in [1.54, 1.807) is 0 Å². The van der Waals surface area contributed by atoms with E-state index in [2.05, 4.69) is 32.9 Å². The van der Waals surface area contributed by atoms with Crippen LogP contribution in [0.4, 0.5) is 0 Å². The van der Waals surface area contributed by atoms with E-state index in [-0.39, 0.29) is 5.91 Å². The van der Waals surface area contributed by atoms with Crippen molar-refractivity contribution in [2.24, 2.45) is 0 Å². The molecule has 0 aliphatic heterocycles. The minimum atomic E-state index is -0.135. The van der Waals surface area contributed by atoms with E-state index >= 15 is 0 Å². The molecule has 70 valence electrons. The summed E-state index contributed by atoms with van der Waals surface area (Å²) >= 11 is 2.22. The van der Waals surface area contributed by atoms with Gasteiger partial charge in [-0.15, -0.1) is 0 Å². The molecule has 4 heteroatoms. The third kappa shape index (κ3) is 3.73. The number of benzene rings is 1. The van der Waals surface area contributed by atoms with Crippen LogP contribution in [0.3, 0.4) is 0 Å². The summed E-state index contributed by atoms with van der Waals surface area (Å²) in [5.74, 6) is -0.135. The zero-order valence-corrected chi connectivity index (χ0v) is 9.37. The van der Waals surface area contributed by atoms with Crippen molar-refractivity contribution in [2.45, 2.75) is 6.42 Å². The van der Waals surface area contributed by atoms with Gasteiger partial charge in [-0.25, -0.2) is 5.48 Å². The molecule has 0 saturated carbocycles. The smallest absolute Gasteiger partial charge is 0.247 e. The molecule has 1 amide bonds. The Labute approximate surface area is 90.6 Å². The lowest BCUT2D eigenvalue weighted by atomic mass is 10.1. The number of hydrogen-bond acceptors (Lipinski definition) is 2. The van der Waals surface area contributed by atoms with Crippen LogP contribution >= 0.6 is 22.6 Å². The van der Waals surface area contributed by atoms with Gasteiger partial charge in [0, 0.05) is 3.57 Å². The zero-order chi connectivity index (χ0) is 9.68. The molecule has 0 aromatic heterocycles. The lowest BCUT2D eigenvalue weighted by Crippen LogP contribution is -2.23. The van der Waals surface area contributed by atoms with Gasteiger partial charge in [-0.3, -0.25) is 9.63 Å². The molecule has 0 fully saturated rings. The first kappa shape index (κ1) is 10.5. The van der Waals surface area contributed by atoms with Crippen LogP contribution in [0.2, 0.25) is 0 Å². The average molecular weight is 291 g/mol. The molecule has 0 aliphatic carbocycles. The molecule has 0 unspecified atom stereocenters. The molecule has 0 saturated heterocycles. The van der Waals surface area contributed by atoms with Crippen LogP contribution in [-0.4, -0.2) is 13.0 Å². The fourth-order valence-electron chi connectivity index (χ4n) is 0.938. The van der Waals surface area contributed by atoms with Crippen LogP contribution in [0.1, 0.15) is 5.56 Å². The Bertz CT molecular complexity index is 284. The van der Waals surface area contributed by atoms with E-state index in [1.165, 1.54) is 7.11 Å². The fraction of sp³-hybridized carbons (Fsp3) is 0.222. The molecule has 0 spiro atoms. The highest BCUT2D eigenvalue weighted by Gasteiger charge is 2.01. The summed E-state index contributed by atoms with van der Waals surface area (Å²) in [6.07, 6.45) is 0.352. The fourth-order valence-corrected chi connectivity index (χ4v) is 1.30. The number of carbonyl (C=O) groups is 1. The Kier molecular flexibility index (Phi) is 4.17. The molecular formula is C9H10INO2. The third-order valence-electron chi connectivity index (χ3n) is 1.49. The number of nitrogens with one attached hydrogen (secondary N) is 1. The largest absolute Gasteiger partial charge is 0.277 e. The Morgan fingerprint density at radius 2 is 2.08 bits per heavy atom. The minimum absolute atomic E-state index is 0.135. The van der Waals surface area contributed by atoms with Gasteiger partial charge in [0.05, 0.1) is 13.5 Å². The Morgan fingerprint density at radius 3 is 2.62 bits per heavy atom. The van der Waals surface area contributed by atoms with Crippen molar-refractivity contribution in [3.63, 3.8) is 0 Å². The van der Waals surface area contributed by atoms with Crippen molar-refractivity contribution in [1.29, 1.82) is 0 Å². The maximum absolute atomic E-state index is 11.1. The molecule has 0 bridgehead atoms. The average Bonchev–Trinajstić information content (AvgIpc) is 2.09. The van der Waals surface area contributed by atoms with Crippen LogP contribution in [0.25, 0.3) is 0 Å². The standard InChI is InChI=1S/C9H10INO2/c1-13-11-9(12)6-7-2-4-8(10)5-3-7/h2-5H,6H2,1H3,(H,11,12). The highest BCUT2D eigenvalue weighted by Crippen LogP contribution is 2.06. The van der Waals surface area contributed by atoms with Crippen LogP contribution in [0.15, 0.2) is 24.3 Å². The Hall–Kier alpha value is -0.620. The lowest BCUT2D eigenvalue weighted by Gasteiger charge is -2.01. The number of hydrogen-bond donors (Lipinski definition) is 1. The zero-order valence-electron chi connectivity index (χ0n) is 7.21. The second-order valence-electron chi connectivity index (χ2n) is 2.53. The van der Waals surface area contributed by atoms with Crippen molar-refractivity contribution in [2.75, 3.05) is 7.11 Å². The van der Waals surface area contributed by atoms with Gasteiger partial charge in [0.2, 0.25) is 5.91 Å². The topological polar surface area (TPSA) is 38.3 Å². The maximum Gasteiger partial charge on any atom is 0.247 e. The number of rotatable bonds is 3. The molecule has 0 atom stereocenters. The summed E-state index contributed by atoms with van der Waals surface area (Å²) in [4.78, 5) is 15.6. The monoisotopic (exact) mass is 291 g/mol. The number of amides is 1. The van der Waals surface area contributed by atoms with Crippen LogP contribution in [0.5, 0.6) is 0 Å². The second kappa shape index (κ2) is 5.18. The number of carbonyl (C=O) groups excluding carboxylic acids is 1. The second-order valence-corrected chi connectivity index (χ2v) is 3.78. The minimum Gasteiger partial charge on any atom is -0.277 e. The van der Waals surface area contributed by atoms with E-state index < -0.39 is 0 Å². The van der Waals surface area contributed by atoms with Crippen molar-refractivity contribution in [3.05, 3.63) is 33.4 Å². The van der Waals surface area contributed by atoms with Crippen LogP contribution < -0.4 is 5.48 Å². The molecule has 3 nitrogen and oxygen atoms in total. The highest BCUT2D eigenvalue weighted by molar-refractivity contribution is 14.1. The van der Waals surface area contributed by atoms with Gasteiger partial charge in [-0.1, -0.05) is 12.1 Å². The Morgan fingerprint density at radius 1 is 1.46 bits per heavy atom. The van der Waals surface area contributed by atoms with E-state index in [9.17, 15) is 4.79 Å². The molecule has 0 aliphatic rings. The molecule has 1 aromatic carbocycles. The van der Waals surface area contributed by atoms with E-state index in [4.69, 9.17) is 0 Å². The van der Waals surface area contributed by atoms with Crippen LogP contribution in [-0.2, 0) is 16.1 Å². The van der Waals surface area contributed by atoms with Gasteiger partial charge in [-0.2, -0.15) is 0 Å². The number of hydroxylamine groups is 1. The molecule has 1 N–H and O–H groups in total. The predicted octanol–water partition coefficient (Wildman–Crippen LogP) is 1.51. The summed E-state index contributed by atoms with van der Waals surface area (Å²) in [5, 5.41) is 0. The molecular weight excluding hydrogens is 281 g/mol. The van der Waals surface area contributed by atoms with Gasteiger partial charge in [0.15, 0.2) is 0 Å². The predicted molar refractivity (Wildman–Crippen MR) is 58.0 cm³/mol. The first-order valence-corrected chi connectivity index (χ1v) is 4.86. The summed E-state index contributed by atoms with van der Waals surface area (Å²) in [5.41, 5.74) is 3.25. The summed E-state index contributed by atoms with van der Waals surface area (Å²) < 4.78 is 1.16. The summed E-state index contributed by atoms with van der Waals surface area (Å²) in [6, 6.07) is 7.79. The van der Waals surface area contributed by atoms with Crippen molar-refractivity contribution in [1.82, 2.24) is 5.48 Å². The molecule has 0 radical (unpaired) electrons. The summed E-state index contributed by atoms with van der Waals surface area (Å²) in [6.45, 7) is 0. The third-order valence-corrected chi connectivity index (χ3v) is 2.21. The summed E-state index contributed by atoms with van der Waals surface area (Å²) in [7, 11) is 1.42. The normalized spacial score (nSPS) is 9.69. The molecule has 0 heterocycles. The van der Waals surface area contributed by atoms with E-state index in [1.807, 2.05) is 24.3 Å². The van der Waals surface area contributed by atoms with Gasteiger partial charge in [-0.05, 0) is 40.3 Å². The molecule has 13 heavy (non-hydrogen) atoms. The number of halogens is 1. The van der Waals surface area contributed by atoms with Crippen molar-refractivity contribution >= 4 is 28.5 Å². The maximum atomic E-state index is 11.1. The van der Waals surface area contributed by atoms with Gasteiger partial charge in [0.25, 0.3) is 0 Å². The SMILES string of the molecule is CONC(=O)Cc1ccc(I)cc1. The first-order valence-electron chi connectivity index (χ1n) is 3.78. The van der Waals surface area contributed by atoms with Gasteiger partial charge < -0.3 is 0 Å². The van der Waals surface area contributed by atoms with Gasteiger partial charge in [0.1, 0.15) is 0 Å². The highest BCUT2D eigenvalue weighted by atomic mass is 127. The molecule has 1 rings (SSSR count). The first-order chi connectivity index (χ1) is 6.22. The molecule has 1 aromatic rings. The van der Waals surface area contributed by atoms with E-state index in [0.29, 0.717) is 6.42 Å². The lowest BCUT2D eigenvalue weighted by molar-refractivity contribution is -0.130. The van der Waals surface area contributed by atoms with Crippen molar-refractivity contribution in [3.8, 4) is 0 Å². The van der Waals surface area contributed by atoms with Crippen molar-refractivity contribution < 1.29 is 9.63 Å². The Balaban J connectivity index is 2.54. The van der Waals surface area contributed by atoms with Crippen LogP contribution in [0, 0.1) is 3.57 Å². The van der Waals surface area contributed by atoms with Gasteiger partial charge >= 0.3 is 0 Å². The van der Waals surface area contributed by atoms with E-state index in [0.717, 1.165) is 9.13 Å².